The summed E-state index contributed by atoms with van der Waals surface area (Å²) in [6.45, 7) is 2.91. The van der Waals surface area contributed by atoms with Gasteiger partial charge < -0.3 is 56.0 Å². The van der Waals surface area contributed by atoms with Crippen LogP contribution in [0.25, 0.3) is 17.0 Å². The molecule has 7 N–H and O–H groups in total. The van der Waals surface area contributed by atoms with Gasteiger partial charge in [0.05, 0.1) is 68.3 Å². The smallest absolute Gasteiger partial charge is 0.315 e. The second-order valence-electron chi connectivity index (χ2n) is 17.6. The monoisotopic (exact) mass is 967 g/mol. The predicted molar refractivity (Wildman–Crippen MR) is 259 cm³/mol. The van der Waals surface area contributed by atoms with Gasteiger partial charge in [-0.15, -0.1) is 0 Å². The largest absolute Gasteiger partial charge is 0.492 e. The van der Waals surface area contributed by atoms with E-state index in [1.165, 1.54) is 6.08 Å². The number of likely N-dealkylation sites (tertiary alicyclic amines) is 1. The number of nitrogens with zero attached hydrogens (tertiary/aromatic N) is 2. The van der Waals surface area contributed by atoms with Crippen LogP contribution in [0.2, 0.25) is 0 Å². The Balaban J connectivity index is 0.665. The van der Waals surface area contributed by atoms with Gasteiger partial charge in [0.1, 0.15) is 12.4 Å². The first-order valence-corrected chi connectivity index (χ1v) is 25.0. The van der Waals surface area contributed by atoms with Crippen LogP contribution in [0.15, 0.2) is 66.5 Å². The van der Waals surface area contributed by atoms with Crippen molar-refractivity contribution in [1.29, 1.82) is 0 Å². The molecule has 3 aromatic rings. The maximum Gasteiger partial charge on any atom is 0.315 e. The minimum atomic E-state index is -0.744. The van der Waals surface area contributed by atoms with Crippen molar-refractivity contribution < 1.29 is 47.8 Å². The molecule has 69 heavy (non-hydrogen) atoms. The maximum absolute atomic E-state index is 13.8. The number of unbranched alkanes of at least 4 members (excludes halogenated alkanes) is 1. The van der Waals surface area contributed by atoms with E-state index in [1.807, 2.05) is 42.2 Å². The maximum atomic E-state index is 13.8. The number of carbonyl (C=O) groups is 7. The number of aromatic amines is 1. The van der Waals surface area contributed by atoms with Gasteiger partial charge in [0.15, 0.2) is 5.78 Å². The molecule has 0 radical (unpaired) electrons. The van der Waals surface area contributed by atoms with Crippen molar-refractivity contribution in [2.45, 2.75) is 80.8 Å². The third kappa shape index (κ3) is 12.9. The van der Waals surface area contributed by atoms with Crippen molar-refractivity contribution in [2.24, 2.45) is 0 Å². The lowest BCUT2D eigenvalue weighted by Crippen LogP contribution is -2.41. The summed E-state index contributed by atoms with van der Waals surface area (Å²) < 4.78 is 17.0. The third-order valence-corrected chi connectivity index (χ3v) is 14.4. The summed E-state index contributed by atoms with van der Waals surface area (Å²) in [7, 11) is 0. The number of anilines is 1. The zero-order valence-electron chi connectivity index (χ0n) is 38.6. The van der Waals surface area contributed by atoms with Crippen LogP contribution in [0.5, 0.6) is 5.75 Å². The first-order chi connectivity index (χ1) is 33.6. The number of urea groups is 1. The number of rotatable bonds is 25. The lowest BCUT2D eigenvalue weighted by molar-refractivity contribution is -0.139. The number of carbonyl (C=O) groups excluding carboxylic acids is 7. The molecule has 0 saturated carbocycles. The quantitative estimate of drug-likeness (QED) is 0.0280. The molecule has 0 aliphatic carbocycles. The number of allylic oxidation sites excluding steroid dienone is 2. The van der Waals surface area contributed by atoms with Gasteiger partial charge in [-0.1, -0.05) is 24.6 Å². The Hall–Kier alpha value is -6.22. The number of imide groups is 1. The van der Waals surface area contributed by atoms with Crippen LogP contribution in [-0.2, 0) is 33.4 Å². The van der Waals surface area contributed by atoms with Gasteiger partial charge >= 0.3 is 6.03 Å². The van der Waals surface area contributed by atoms with Crippen LogP contribution in [0.4, 0.5) is 10.5 Å². The number of thioether (sulfide) groups is 1. The number of hydrogen-bond acceptors (Lipinski definition) is 13. The van der Waals surface area contributed by atoms with Crippen LogP contribution in [0, 0.1) is 0 Å². The van der Waals surface area contributed by atoms with E-state index in [0.717, 1.165) is 59.2 Å². The standard InChI is InChI=1S/C49H61N9O10S/c59-32(11-10-31-29-53-36-7-2-1-6-34(31)36)26-38-41-8-5-19-57(41)47(63)35-27-33(12-13-37(35)54-38)68-23-18-50-39-28-45(62)58(48(39)64)20-14-43(60)52-17-22-67-25-24-66-21-15-44(61)51-16-4-3-9-42-46-40(30-69-42)55-49(65)56-46/h1-2,6-7,10-13,26-27,29,39-42,46,50,53-54H,3-5,8-9,14-25,28,30H2,(H,51,61)(H,52,60)(H2,55,56,65)/b11-10+,38-26-/t39?,40?,41-,42?,46?/m0/s1. The van der Waals surface area contributed by atoms with Crippen molar-refractivity contribution in [3.05, 3.63) is 77.6 Å². The van der Waals surface area contributed by atoms with E-state index >= 15 is 0 Å². The van der Waals surface area contributed by atoms with Crippen molar-refractivity contribution in [3.63, 3.8) is 0 Å². The molecule has 6 heterocycles. The molecule has 20 heteroatoms. The fraction of sp³-hybridized carbons (Fsp3) is 0.490. The van der Waals surface area contributed by atoms with E-state index in [9.17, 15) is 33.6 Å². The highest BCUT2D eigenvalue weighted by Gasteiger charge is 2.43. The van der Waals surface area contributed by atoms with Gasteiger partial charge in [0.25, 0.3) is 5.91 Å². The molecule has 1 aromatic heterocycles. The van der Waals surface area contributed by atoms with E-state index in [-0.39, 0.29) is 112 Å². The summed E-state index contributed by atoms with van der Waals surface area (Å²) in [5, 5.41) is 19.5. The zero-order valence-corrected chi connectivity index (χ0v) is 39.4. The first-order valence-electron chi connectivity index (χ1n) is 23.9. The highest BCUT2D eigenvalue weighted by molar-refractivity contribution is 8.00. The molecule has 5 atom stereocenters. The normalized spacial score (nSPS) is 22.4. The molecule has 4 fully saturated rings. The lowest BCUT2D eigenvalue weighted by atomic mass is 10.0. The number of fused-ring (bicyclic) bond motifs is 4. The Morgan fingerprint density at radius 2 is 1.71 bits per heavy atom. The summed E-state index contributed by atoms with van der Waals surface area (Å²) >= 11 is 1.89. The van der Waals surface area contributed by atoms with Crippen LogP contribution in [0.3, 0.4) is 0 Å². The zero-order chi connectivity index (χ0) is 48.1. The van der Waals surface area contributed by atoms with Crippen LogP contribution in [-0.4, -0.2) is 157 Å². The number of ketones is 1. The molecule has 5 aliphatic rings. The Morgan fingerprint density at radius 1 is 0.884 bits per heavy atom. The first kappa shape index (κ1) is 49.2. The molecule has 19 nitrogen and oxygen atoms in total. The summed E-state index contributed by atoms with van der Waals surface area (Å²) in [6, 6.07) is 12.4. The van der Waals surface area contributed by atoms with E-state index in [1.54, 1.807) is 35.3 Å². The summed E-state index contributed by atoms with van der Waals surface area (Å²) in [6.07, 6.45) is 11.3. The number of hydrogen-bond donors (Lipinski definition) is 7. The van der Waals surface area contributed by atoms with Gasteiger partial charge in [-0.25, -0.2) is 4.79 Å². The molecule has 0 bridgehead atoms. The average Bonchev–Trinajstić information content (AvgIpc) is 4.18. The molecule has 368 valence electrons. The number of ether oxygens (including phenoxy) is 3. The van der Waals surface area contributed by atoms with Crippen molar-refractivity contribution in [2.75, 3.05) is 76.8 Å². The summed E-state index contributed by atoms with van der Waals surface area (Å²) in [4.78, 5) is 94.9. The van der Waals surface area contributed by atoms with E-state index in [0.29, 0.717) is 54.3 Å². The van der Waals surface area contributed by atoms with Gasteiger partial charge in [0.2, 0.25) is 23.6 Å². The predicted octanol–water partition coefficient (Wildman–Crippen LogP) is 2.84. The van der Waals surface area contributed by atoms with Gasteiger partial charge in [-0.05, 0) is 67.7 Å². The van der Waals surface area contributed by atoms with E-state index in [2.05, 4.69) is 36.9 Å². The molecule has 8 rings (SSSR count). The number of nitrogens with one attached hydrogen (secondary N) is 7. The van der Waals surface area contributed by atoms with Crippen molar-refractivity contribution in [3.8, 4) is 5.75 Å². The Kier molecular flexibility index (Phi) is 17.0. The molecular formula is C49H61N9O10S. The number of benzene rings is 2. The molecule has 7 amide bonds. The second-order valence-corrected chi connectivity index (χ2v) is 18.9. The molecular weight excluding hydrogens is 907 g/mol. The topological polar surface area (TPSA) is 242 Å². The van der Waals surface area contributed by atoms with Crippen molar-refractivity contribution >= 4 is 75.8 Å². The fourth-order valence-electron chi connectivity index (χ4n) is 9.32. The number of H-pyrrole nitrogens is 1. The highest BCUT2D eigenvalue weighted by atomic mass is 32.2. The molecule has 2 aromatic carbocycles. The molecule has 0 spiro atoms. The van der Waals surface area contributed by atoms with E-state index in [4.69, 9.17) is 14.2 Å². The third-order valence-electron chi connectivity index (χ3n) is 12.9. The van der Waals surface area contributed by atoms with Gasteiger partial charge in [-0.2, -0.15) is 11.8 Å². The fourth-order valence-corrected chi connectivity index (χ4v) is 10.9. The number of aromatic nitrogens is 1. The summed E-state index contributed by atoms with van der Waals surface area (Å²) in [5.41, 5.74) is 3.56. The lowest BCUT2D eigenvalue weighted by Gasteiger charge is -2.23. The van der Waals surface area contributed by atoms with Crippen molar-refractivity contribution in [1.82, 2.24) is 41.4 Å². The van der Waals surface area contributed by atoms with Crippen LogP contribution in [0.1, 0.15) is 67.3 Å². The Morgan fingerprint density at radius 3 is 2.59 bits per heavy atom. The Bertz CT molecular complexity index is 2440. The minimum absolute atomic E-state index is 0.0310. The van der Waals surface area contributed by atoms with Crippen LogP contribution < -0.4 is 36.6 Å². The SMILES string of the molecule is O=C(/C=C1\Nc2ccc(OCCNC3CC(=O)N(CCC(=O)NCCOCCOCCC(=O)NCCCCC4SCC5NC(=O)NC54)C3=O)cc2C(=O)N2CCC[C@@H]12)/C=C/c1c[nH]c2ccccc12. The number of amides is 7. The highest BCUT2D eigenvalue weighted by Crippen LogP contribution is 2.35. The number of para-hydroxylation sites is 1. The second kappa shape index (κ2) is 23.9. The molecule has 4 saturated heterocycles. The molecule has 5 aliphatic heterocycles. The minimum Gasteiger partial charge on any atom is -0.492 e. The average molecular weight is 968 g/mol. The Labute approximate surface area is 404 Å². The van der Waals surface area contributed by atoms with Gasteiger partial charge in [0, 0.05) is 85.4 Å². The van der Waals surface area contributed by atoms with Gasteiger partial charge in [-0.3, -0.25) is 33.7 Å². The molecule has 4 unspecified atom stereocenters. The summed E-state index contributed by atoms with van der Waals surface area (Å²) in [5.74, 6) is -0.109. The van der Waals surface area contributed by atoms with E-state index < -0.39 is 11.9 Å². The van der Waals surface area contributed by atoms with Crippen LogP contribution >= 0.6 is 11.8 Å².